The average molecular weight is 277 g/mol. The largest absolute Gasteiger partial charge is 0.354 e. The highest BCUT2D eigenvalue weighted by Crippen LogP contribution is 2.35. The Morgan fingerprint density at radius 2 is 2.35 bits per heavy atom. The summed E-state index contributed by atoms with van der Waals surface area (Å²) in [5, 5.41) is 7.27. The maximum Gasteiger partial charge on any atom is 0.224 e. The average Bonchev–Trinajstić information content (AvgIpc) is 2.98. The minimum Gasteiger partial charge on any atom is -0.354 e. The van der Waals surface area contributed by atoms with Gasteiger partial charge in [0.05, 0.1) is 18.2 Å². The van der Waals surface area contributed by atoms with Crippen LogP contribution >= 0.6 is 0 Å². The number of aromatic nitrogens is 2. The summed E-state index contributed by atoms with van der Waals surface area (Å²) >= 11 is 0. The lowest BCUT2D eigenvalue weighted by molar-refractivity contribution is -0.124. The van der Waals surface area contributed by atoms with E-state index in [2.05, 4.69) is 15.3 Å². The Morgan fingerprint density at radius 3 is 3.00 bits per heavy atom. The van der Waals surface area contributed by atoms with E-state index in [-0.39, 0.29) is 30.0 Å². The number of fused-ring (bicyclic) bond motifs is 1. The Bertz CT molecular complexity index is 498. The predicted octanol–water partition coefficient (Wildman–Crippen LogP) is 0.0188. The second-order valence-corrected chi connectivity index (χ2v) is 6.05. The van der Waals surface area contributed by atoms with Crippen molar-refractivity contribution in [2.75, 3.05) is 13.1 Å². The molecule has 110 valence electrons. The molecule has 3 rings (SSSR count). The number of hydrogen-bond donors (Lipinski definition) is 2. The van der Waals surface area contributed by atoms with Gasteiger partial charge in [0.25, 0.3) is 0 Å². The summed E-state index contributed by atoms with van der Waals surface area (Å²) in [7, 11) is 1.92. The number of likely N-dealkylation sites (tertiary alicyclic amines) is 1. The van der Waals surface area contributed by atoms with E-state index >= 15 is 0 Å². The second kappa shape index (κ2) is 5.18. The minimum atomic E-state index is 0.00801. The topological polar surface area (TPSA) is 76.2 Å². The third kappa shape index (κ3) is 2.23. The van der Waals surface area contributed by atoms with E-state index in [0.717, 1.165) is 31.5 Å². The smallest absolute Gasteiger partial charge is 0.224 e. The van der Waals surface area contributed by atoms with Crippen LogP contribution in [0.3, 0.4) is 0 Å². The molecular weight excluding hydrogens is 254 g/mol. The van der Waals surface area contributed by atoms with Crippen LogP contribution in [0.15, 0.2) is 12.4 Å². The van der Waals surface area contributed by atoms with Crippen LogP contribution in [0.1, 0.15) is 31.4 Å². The van der Waals surface area contributed by atoms with E-state index < -0.39 is 0 Å². The summed E-state index contributed by atoms with van der Waals surface area (Å²) in [6, 6.07) is 0.408. The molecule has 2 fully saturated rings. The van der Waals surface area contributed by atoms with Gasteiger partial charge in [0.15, 0.2) is 0 Å². The van der Waals surface area contributed by atoms with E-state index in [4.69, 9.17) is 5.73 Å². The fraction of sp³-hybridized carbons (Fsp3) is 0.714. The van der Waals surface area contributed by atoms with Crippen molar-refractivity contribution in [2.45, 2.75) is 37.9 Å². The normalized spacial score (nSPS) is 29.9. The fourth-order valence-electron chi connectivity index (χ4n) is 3.72. The van der Waals surface area contributed by atoms with Crippen LogP contribution < -0.4 is 11.1 Å². The molecule has 6 nitrogen and oxygen atoms in total. The number of aryl methyl sites for hydroxylation is 1. The third-order valence-electron chi connectivity index (χ3n) is 4.57. The fourth-order valence-corrected chi connectivity index (χ4v) is 3.72. The molecule has 0 aromatic carbocycles. The van der Waals surface area contributed by atoms with Gasteiger partial charge in [-0.15, -0.1) is 0 Å². The number of nitrogens with zero attached hydrogens (tertiary/aromatic N) is 3. The maximum absolute atomic E-state index is 11.9. The molecule has 0 bridgehead atoms. The van der Waals surface area contributed by atoms with Crippen molar-refractivity contribution >= 4 is 5.91 Å². The summed E-state index contributed by atoms with van der Waals surface area (Å²) in [6.45, 7) is 3.77. The van der Waals surface area contributed by atoms with Crippen molar-refractivity contribution in [1.29, 1.82) is 0 Å². The number of piperidine rings is 1. The van der Waals surface area contributed by atoms with Crippen LogP contribution in [0.5, 0.6) is 0 Å². The van der Waals surface area contributed by atoms with Crippen LogP contribution in [0, 0.1) is 5.92 Å². The van der Waals surface area contributed by atoms with Gasteiger partial charge in [-0.05, 0) is 26.3 Å². The lowest BCUT2D eigenvalue weighted by Gasteiger charge is -2.42. The molecule has 6 heteroatoms. The number of nitrogens with one attached hydrogen (secondary N) is 1. The molecule has 1 aromatic heterocycles. The van der Waals surface area contributed by atoms with Crippen LogP contribution in [0.2, 0.25) is 0 Å². The van der Waals surface area contributed by atoms with Crippen molar-refractivity contribution in [3.05, 3.63) is 18.0 Å². The van der Waals surface area contributed by atoms with E-state index in [1.165, 1.54) is 0 Å². The molecule has 4 unspecified atom stereocenters. The van der Waals surface area contributed by atoms with Crippen molar-refractivity contribution < 1.29 is 4.79 Å². The summed E-state index contributed by atoms with van der Waals surface area (Å²) < 4.78 is 1.81. The molecule has 3 N–H and O–H groups in total. The van der Waals surface area contributed by atoms with Crippen molar-refractivity contribution in [3.8, 4) is 0 Å². The van der Waals surface area contributed by atoms with Gasteiger partial charge >= 0.3 is 0 Å². The number of hydrogen-bond acceptors (Lipinski definition) is 4. The summed E-state index contributed by atoms with van der Waals surface area (Å²) in [4.78, 5) is 14.3. The van der Waals surface area contributed by atoms with Gasteiger partial charge in [0, 0.05) is 37.4 Å². The Balaban J connectivity index is 1.89. The maximum atomic E-state index is 11.9. The highest BCUT2D eigenvalue weighted by Gasteiger charge is 2.44. The van der Waals surface area contributed by atoms with Gasteiger partial charge in [-0.1, -0.05) is 0 Å². The first-order valence-corrected chi connectivity index (χ1v) is 7.35. The van der Waals surface area contributed by atoms with Gasteiger partial charge < -0.3 is 11.1 Å². The molecule has 0 radical (unpaired) electrons. The predicted molar refractivity (Wildman–Crippen MR) is 75.8 cm³/mol. The van der Waals surface area contributed by atoms with Crippen molar-refractivity contribution in [2.24, 2.45) is 18.7 Å². The minimum absolute atomic E-state index is 0.00801. The summed E-state index contributed by atoms with van der Waals surface area (Å²) in [6.07, 6.45) is 5.97. The highest BCUT2D eigenvalue weighted by atomic mass is 16.2. The number of rotatable bonds is 3. The quantitative estimate of drug-likeness (QED) is 0.816. The molecule has 20 heavy (non-hydrogen) atoms. The highest BCUT2D eigenvalue weighted by molar-refractivity contribution is 5.82. The van der Waals surface area contributed by atoms with Crippen LogP contribution in [0.4, 0.5) is 0 Å². The van der Waals surface area contributed by atoms with E-state index in [1.807, 2.05) is 31.0 Å². The van der Waals surface area contributed by atoms with E-state index in [9.17, 15) is 4.79 Å². The number of amides is 1. The number of carbonyl (C=O) groups excluding carboxylic acids is 1. The lowest BCUT2D eigenvalue weighted by Crippen LogP contribution is -2.51. The third-order valence-corrected chi connectivity index (χ3v) is 4.57. The number of carbonyl (C=O) groups is 1. The SMILES string of the molecule is CC(N)C(c1cnn(C)c1)N1CCCC2C(=O)NCC21. The molecule has 2 aliphatic heterocycles. The summed E-state index contributed by atoms with van der Waals surface area (Å²) in [5.41, 5.74) is 7.38. The van der Waals surface area contributed by atoms with E-state index in [1.54, 1.807) is 0 Å². The molecule has 1 aromatic rings. The van der Waals surface area contributed by atoms with Gasteiger partial charge in [0.1, 0.15) is 0 Å². The first kappa shape index (κ1) is 13.6. The van der Waals surface area contributed by atoms with Crippen LogP contribution in [-0.4, -0.2) is 45.8 Å². The molecule has 4 atom stereocenters. The first-order chi connectivity index (χ1) is 9.58. The molecule has 0 aliphatic carbocycles. The van der Waals surface area contributed by atoms with Crippen LogP contribution in [-0.2, 0) is 11.8 Å². The zero-order valence-electron chi connectivity index (χ0n) is 12.1. The summed E-state index contributed by atoms with van der Waals surface area (Å²) in [5.74, 6) is 0.330. The van der Waals surface area contributed by atoms with Crippen molar-refractivity contribution in [3.63, 3.8) is 0 Å². The van der Waals surface area contributed by atoms with Gasteiger partial charge in [-0.3, -0.25) is 14.4 Å². The Labute approximate surface area is 119 Å². The first-order valence-electron chi connectivity index (χ1n) is 7.35. The van der Waals surface area contributed by atoms with Crippen molar-refractivity contribution in [1.82, 2.24) is 20.0 Å². The second-order valence-electron chi connectivity index (χ2n) is 6.05. The zero-order chi connectivity index (χ0) is 14.3. The number of nitrogens with two attached hydrogens (primary N) is 1. The monoisotopic (exact) mass is 277 g/mol. The van der Waals surface area contributed by atoms with Crippen LogP contribution in [0.25, 0.3) is 0 Å². The molecule has 1 amide bonds. The molecule has 0 spiro atoms. The Hall–Kier alpha value is -1.40. The lowest BCUT2D eigenvalue weighted by atomic mass is 9.88. The molecular formula is C14H23N5O. The molecule has 2 aliphatic rings. The zero-order valence-corrected chi connectivity index (χ0v) is 12.1. The van der Waals surface area contributed by atoms with E-state index in [0.29, 0.717) is 0 Å². The molecule has 0 saturated carbocycles. The Morgan fingerprint density at radius 1 is 1.55 bits per heavy atom. The van der Waals surface area contributed by atoms with Gasteiger partial charge in [0.2, 0.25) is 5.91 Å². The van der Waals surface area contributed by atoms with Gasteiger partial charge in [-0.2, -0.15) is 5.10 Å². The standard InChI is InChI=1S/C14H23N5O/c1-9(15)13(10-6-17-18(2)8-10)19-5-3-4-11-12(19)7-16-14(11)20/h6,8-9,11-13H,3-5,7,15H2,1-2H3,(H,16,20). The Kier molecular flexibility index (Phi) is 3.52. The molecule has 3 heterocycles. The van der Waals surface area contributed by atoms with Gasteiger partial charge in [-0.25, -0.2) is 0 Å². The molecule has 2 saturated heterocycles.